The summed E-state index contributed by atoms with van der Waals surface area (Å²) in [6.45, 7) is 4.17. The molecular formula is C19H21N5O2S. The molecule has 0 aliphatic rings. The van der Waals surface area contributed by atoms with Gasteiger partial charge in [0.15, 0.2) is 0 Å². The molecule has 0 fully saturated rings. The minimum atomic E-state index is -0.211. The molecule has 3 aromatic rings. The van der Waals surface area contributed by atoms with Gasteiger partial charge in [0.25, 0.3) is 0 Å². The highest BCUT2D eigenvalue weighted by atomic mass is 32.1. The van der Waals surface area contributed by atoms with Gasteiger partial charge in [0.05, 0.1) is 30.5 Å². The topological polar surface area (TPSA) is 87.2 Å². The van der Waals surface area contributed by atoms with Gasteiger partial charge in [-0.1, -0.05) is 18.2 Å². The molecule has 140 valence electrons. The zero-order chi connectivity index (χ0) is 19.4. The van der Waals surface area contributed by atoms with Gasteiger partial charge in [-0.2, -0.15) is 8.75 Å². The van der Waals surface area contributed by atoms with E-state index in [1.807, 2.05) is 44.2 Å². The van der Waals surface area contributed by atoms with Crippen molar-refractivity contribution < 1.29 is 9.59 Å². The molecule has 1 aromatic heterocycles. The Morgan fingerprint density at radius 3 is 2.33 bits per heavy atom. The largest absolute Gasteiger partial charge is 0.325 e. The third-order valence-electron chi connectivity index (χ3n) is 4.27. The third-order valence-corrected chi connectivity index (χ3v) is 4.81. The van der Waals surface area contributed by atoms with Gasteiger partial charge in [0, 0.05) is 5.69 Å². The molecule has 0 bridgehead atoms. The first kappa shape index (κ1) is 18.9. The van der Waals surface area contributed by atoms with Crippen molar-refractivity contribution in [3.05, 3.63) is 47.5 Å². The van der Waals surface area contributed by atoms with Crippen molar-refractivity contribution in [2.45, 2.75) is 13.8 Å². The van der Waals surface area contributed by atoms with E-state index in [1.54, 1.807) is 18.0 Å². The van der Waals surface area contributed by atoms with E-state index in [0.29, 0.717) is 11.2 Å². The van der Waals surface area contributed by atoms with E-state index in [-0.39, 0.29) is 24.9 Å². The lowest BCUT2D eigenvalue weighted by Crippen LogP contribution is -2.36. The summed E-state index contributed by atoms with van der Waals surface area (Å²) in [5.41, 5.74) is 4.99. The third kappa shape index (κ3) is 4.66. The Morgan fingerprint density at radius 1 is 0.963 bits per heavy atom. The second-order valence-electron chi connectivity index (χ2n) is 6.45. The Kier molecular flexibility index (Phi) is 5.78. The SMILES string of the molecule is Cc1cccc(NC(=O)CN(C)CC(=O)Nc2cccc3nsnc23)c1C. The first-order valence-corrected chi connectivity index (χ1v) is 9.23. The normalized spacial score (nSPS) is 11.0. The van der Waals surface area contributed by atoms with Crippen molar-refractivity contribution in [3.8, 4) is 0 Å². The highest BCUT2D eigenvalue weighted by Crippen LogP contribution is 2.21. The van der Waals surface area contributed by atoms with Crippen LogP contribution in [0.4, 0.5) is 11.4 Å². The average Bonchev–Trinajstić information content (AvgIpc) is 3.08. The minimum absolute atomic E-state index is 0.0914. The number of aryl methyl sites for hydroxylation is 1. The molecule has 0 atom stereocenters. The van der Waals surface area contributed by atoms with Crippen LogP contribution in [-0.4, -0.2) is 45.6 Å². The lowest BCUT2D eigenvalue weighted by molar-refractivity contribution is -0.119. The molecule has 0 saturated heterocycles. The Morgan fingerprint density at radius 2 is 1.59 bits per heavy atom. The van der Waals surface area contributed by atoms with E-state index in [4.69, 9.17) is 0 Å². The first-order valence-electron chi connectivity index (χ1n) is 8.50. The van der Waals surface area contributed by atoms with Crippen LogP contribution in [0.2, 0.25) is 0 Å². The van der Waals surface area contributed by atoms with Gasteiger partial charge in [-0.3, -0.25) is 14.5 Å². The van der Waals surface area contributed by atoms with Crippen LogP contribution in [0.15, 0.2) is 36.4 Å². The molecule has 0 aliphatic heterocycles. The van der Waals surface area contributed by atoms with Gasteiger partial charge in [-0.15, -0.1) is 0 Å². The molecule has 7 nitrogen and oxygen atoms in total. The minimum Gasteiger partial charge on any atom is -0.325 e. The van der Waals surface area contributed by atoms with Crippen LogP contribution in [0.1, 0.15) is 11.1 Å². The van der Waals surface area contributed by atoms with Crippen molar-refractivity contribution >= 4 is 46.0 Å². The number of benzene rings is 2. The molecule has 2 aromatic carbocycles. The number of carbonyl (C=O) groups is 2. The summed E-state index contributed by atoms with van der Waals surface area (Å²) < 4.78 is 8.36. The average molecular weight is 383 g/mol. The maximum Gasteiger partial charge on any atom is 0.238 e. The molecular weight excluding hydrogens is 362 g/mol. The zero-order valence-corrected chi connectivity index (χ0v) is 16.3. The van der Waals surface area contributed by atoms with Crippen LogP contribution in [-0.2, 0) is 9.59 Å². The number of likely N-dealkylation sites (N-methyl/N-ethyl adjacent to an activating group) is 1. The van der Waals surface area contributed by atoms with Gasteiger partial charge in [-0.25, -0.2) is 0 Å². The summed E-state index contributed by atoms with van der Waals surface area (Å²) in [4.78, 5) is 26.2. The van der Waals surface area contributed by atoms with Crippen LogP contribution >= 0.6 is 11.7 Å². The van der Waals surface area contributed by atoms with E-state index in [2.05, 4.69) is 19.4 Å². The number of anilines is 2. The van der Waals surface area contributed by atoms with E-state index in [0.717, 1.165) is 34.1 Å². The summed E-state index contributed by atoms with van der Waals surface area (Å²) in [5, 5.41) is 5.73. The molecule has 0 aliphatic carbocycles. The van der Waals surface area contributed by atoms with Crippen molar-refractivity contribution in [3.63, 3.8) is 0 Å². The predicted octanol–water partition coefficient (Wildman–Crippen LogP) is 2.82. The van der Waals surface area contributed by atoms with E-state index < -0.39 is 0 Å². The molecule has 1 heterocycles. The maximum atomic E-state index is 12.3. The van der Waals surface area contributed by atoms with Gasteiger partial charge in [0.2, 0.25) is 11.8 Å². The smallest absolute Gasteiger partial charge is 0.238 e. The Bertz CT molecular complexity index is 985. The second-order valence-corrected chi connectivity index (χ2v) is 6.98. The molecule has 2 amide bonds. The Balaban J connectivity index is 1.54. The maximum absolute atomic E-state index is 12.3. The molecule has 8 heteroatoms. The van der Waals surface area contributed by atoms with Crippen molar-refractivity contribution in [2.24, 2.45) is 0 Å². The number of rotatable bonds is 6. The zero-order valence-electron chi connectivity index (χ0n) is 15.4. The molecule has 2 N–H and O–H groups in total. The van der Waals surface area contributed by atoms with Crippen LogP contribution in [0, 0.1) is 13.8 Å². The van der Waals surface area contributed by atoms with Crippen LogP contribution in [0.3, 0.4) is 0 Å². The summed E-state index contributed by atoms with van der Waals surface area (Å²) in [7, 11) is 1.73. The van der Waals surface area contributed by atoms with Crippen molar-refractivity contribution in [1.29, 1.82) is 0 Å². The number of hydrogen-bond donors (Lipinski definition) is 2. The summed E-state index contributed by atoms with van der Waals surface area (Å²) >= 11 is 1.10. The number of nitrogens with one attached hydrogen (secondary N) is 2. The predicted molar refractivity (Wildman–Crippen MR) is 108 cm³/mol. The van der Waals surface area contributed by atoms with Gasteiger partial charge in [-0.05, 0) is 50.2 Å². The fourth-order valence-electron chi connectivity index (χ4n) is 2.72. The molecule has 3 rings (SSSR count). The van der Waals surface area contributed by atoms with E-state index in [1.165, 1.54) is 0 Å². The number of aromatic nitrogens is 2. The van der Waals surface area contributed by atoms with Crippen LogP contribution in [0.5, 0.6) is 0 Å². The highest BCUT2D eigenvalue weighted by Gasteiger charge is 2.14. The molecule has 0 unspecified atom stereocenters. The highest BCUT2D eigenvalue weighted by molar-refractivity contribution is 7.00. The van der Waals surface area contributed by atoms with Gasteiger partial charge < -0.3 is 10.6 Å². The number of hydrogen-bond acceptors (Lipinski definition) is 6. The summed E-state index contributed by atoms with van der Waals surface area (Å²) in [5.74, 6) is -0.373. The monoisotopic (exact) mass is 383 g/mol. The van der Waals surface area contributed by atoms with Crippen LogP contribution < -0.4 is 10.6 Å². The number of fused-ring (bicyclic) bond motifs is 1. The fourth-order valence-corrected chi connectivity index (χ4v) is 3.27. The standard InChI is InChI=1S/C19H21N5O2S/c1-12-6-4-7-14(13(12)2)20-17(25)10-24(3)11-18(26)21-15-8-5-9-16-19(15)23-27-22-16/h4-9H,10-11H2,1-3H3,(H,20,25)(H,21,26). The number of nitrogens with zero attached hydrogens (tertiary/aromatic N) is 3. The quantitative estimate of drug-likeness (QED) is 0.683. The molecule has 27 heavy (non-hydrogen) atoms. The van der Waals surface area contributed by atoms with Crippen molar-refractivity contribution in [2.75, 3.05) is 30.8 Å². The van der Waals surface area contributed by atoms with Crippen molar-refractivity contribution in [1.82, 2.24) is 13.6 Å². The second kappa shape index (κ2) is 8.24. The number of amides is 2. The fraction of sp³-hybridized carbons (Fsp3) is 0.263. The van der Waals surface area contributed by atoms with Crippen LogP contribution in [0.25, 0.3) is 11.0 Å². The molecule has 0 spiro atoms. The lowest BCUT2D eigenvalue weighted by atomic mass is 10.1. The Hall–Kier alpha value is -2.84. The van der Waals surface area contributed by atoms with Gasteiger partial charge in [0.1, 0.15) is 11.0 Å². The van der Waals surface area contributed by atoms with E-state index >= 15 is 0 Å². The summed E-state index contributed by atoms with van der Waals surface area (Å²) in [6.07, 6.45) is 0. The lowest BCUT2D eigenvalue weighted by Gasteiger charge is -2.17. The van der Waals surface area contributed by atoms with E-state index in [9.17, 15) is 9.59 Å². The molecule has 0 radical (unpaired) electrons. The number of carbonyl (C=O) groups excluding carboxylic acids is 2. The molecule has 0 saturated carbocycles. The first-order chi connectivity index (χ1) is 12.9. The van der Waals surface area contributed by atoms with Gasteiger partial charge >= 0.3 is 0 Å². The Labute approximate surface area is 161 Å². The summed E-state index contributed by atoms with van der Waals surface area (Å²) in [6, 6.07) is 11.2.